The van der Waals surface area contributed by atoms with E-state index in [0.29, 0.717) is 6.54 Å². The van der Waals surface area contributed by atoms with Crippen LogP contribution in [0, 0.1) is 17.8 Å². The summed E-state index contributed by atoms with van der Waals surface area (Å²) < 4.78 is 0. The second kappa shape index (κ2) is 8.84. The van der Waals surface area contributed by atoms with E-state index in [1.807, 2.05) is 25.1 Å². The number of carbonyl (C=O) groups excluding carboxylic acids is 1. The molecular formula is C18H26N4O. The van der Waals surface area contributed by atoms with Crippen LogP contribution in [0.5, 0.6) is 0 Å². The van der Waals surface area contributed by atoms with Gasteiger partial charge in [-0.1, -0.05) is 44.9 Å². The molecule has 124 valence electrons. The first-order valence-corrected chi connectivity index (χ1v) is 7.98. The van der Waals surface area contributed by atoms with Gasteiger partial charge in [-0.25, -0.2) is 4.79 Å². The van der Waals surface area contributed by atoms with Gasteiger partial charge in [0.15, 0.2) is 5.96 Å². The van der Waals surface area contributed by atoms with E-state index >= 15 is 0 Å². The lowest BCUT2D eigenvalue weighted by molar-refractivity contribution is 0.229. The molecular weight excluding hydrogens is 288 g/mol. The summed E-state index contributed by atoms with van der Waals surface area (Å²) in [5, 5.41) is 7.63. The third kappa shape index (κ3) is 4.26. The van der Waals surface area contributed by atoms with Crippen molar-refractivity contribution in [3.05, 3.63) is 29.3 Å². The molecule has 1 rings (SSSR count). The van der Waals surface area contributed by atoms with Crippen molar-refractivity contribution in [2.24, 2.45) is 5.73 Å². The van der Waals surface area contributed by atoms with Crippen molar-refractivity contribution in [2.45, 2.75) is 40.0 Å². The second-order valence-electron chi connectivity index (χ2n) is 5.24. The molecule has 0 aliphatic heterocycles. The Morgan fingerprint density at radius 3 is 2.22 bits per heavy atom. The SMILES string of the molecule is C#CCN(C(=N)N)C(=O)N(CCC)c1c(CC)cccc1CC. The monoisotopic (exact) mass is 314 g/mol. The van der Waals surface area contributed by atoms with Gasteiger partial charge in [-0.05, 0) is 30.4 Å². The van der Waals surface area contributed by atoms with E-state index in [1.54, 1.807) is 4.90 Å². The average molecular weight is 314 g/mol. The van der Waals surface area contributed by atoms with E-state index in [-0.39, 0.29) is 18.5 Å². The number of amides is 2. The molecule has 0 saturated heterocycles. The number of carbonyl (C=O) groups is 1. The van der Waals surface area contributed by atoms with E-state index in [2.05, 4.69) is 19.8 Å². The fourth-order valence-electron chi connectivity index (χ4n) is 2.58. The summed E-state index contributed by atoms with van der Waals surface area (Å²) in [6.07, 6.45) is 7.77. The van der Waals surface area contributed by atoms with Crippen LogP contribution in [-0.2, 0) is 12.8 Å². The van der Waals surface area contributed by atoms with Crippen molar-refractivity contribution in [2.75, 3.05) is 18.0 Å². The lowest BCUT2D eigenvalue weighted by Gasteiger charge is -2.31. The smallest absolute Gasteiger partial charge is 0.332 e. The zero-order valence-electron chi connectivity index (χ0n) is 14.2. The minimum Gasteiger partial charge on any atom is -0.370 e. The van der Waals surface area contributed by atoms with Crippen molar-refractivity contribution >= 4 is 17.7 Å². The van der Waals surface area contributed by atoms with E-state index in [4.69, 9.17) is 17.6 Å². The Kier molecular flexibility index (Phi) is 7.14. The molecule has 0 radical (unpaired) electrons. The predicted molar refractivity (Wildman–Crippen MR) is 95.7 cm³/mol. The van der Waals surface area contributed by atoms with E-state index < -0.39 is 0 Å². The zero-order chi connectivity index (χ0) is 17.4. The van der Waals surface area contributed by atoms with E-state index in [1.165, 1.54) is 0 Å². The third-order valence-corrected chi connectivity index (χ3v) is 3.68. The first-order chi connectivity index (χ1) is 11.0. The first-order valence-electron chi connectivity index (χ1n) is 7.98. The topological polar surface area (TPSA) is 73.4 Å². The molecule has 1 aromatic rings. The Morgan fingerprint density at radius 2 is 1.83 bits per heavy atom. The van der Waals surface area contributed by atoms with Gasteiger partial charge in [0.05, 0.1) is 12.2 Å². The van der Waals surface area contributed by atoms with Crippen molar-refractivity contribution in [1.29, 1.82) is 5.41 Å². The number of rotatable bonds is 6. The highest BCUT2D eigenvalue weighted by Gasteiger charge is 2.26. The summed E-state index contributed by atoms with van der Waals surface area (Å²) in [7, 11) is 0. The number of hydrogen-bond donors (Lipinski definition) is 2. The van der Waals surface area contributed by atoms with Gasteiger partial charge >= 0.3 is 6.03 Å². The zero-order valence-corrected chi connectivity index (χ0v) is 14.2. The second-order valence-corrected chi connectivity index (χ2v) is 5.24. The number of hydrogen-bond acceptors (Lipinski definition) is 2. The molecule has 0 heterocycles. The maximum atomic E-state index is 12.9. The molecule has 23 heavy (non-hydrogen) atoms. The maximum absolute atomic E-state index is 12.9. The lowest BCUT2D eigenvalue weighted by Crippen LogP contribution is -2.50. The number of nitrogens with two attached hydrogens (primary N) is 1. The molecule has 0 unspecified atom stereocenters. The molecule has 0 aromatic heterocycles. The summed E-state index contributed by atoms with van der Waals surface area (Å²) in [5.41, 5.74) is 8.68. The Morgan fingerprint density at radius 1 is 1.26 bits per heavy atom. The van der Waals surface area contributed by atoms with Crippen LogP contribution in [0.15, 0.2) is 18.2 Å². The summed E-state index contributed by atoms with van der Waals surface area (Å²) >= 11 is 0. The Balaban J connectivity index is 3.39. The number of nitrogens with one attached hydrogen (secondary N) is 1. The number of para-hydroxylation sites is 1. The summed E-state index contributed by atoms with van der Waals surface area (Å²) in [5.74, 6) is 2.06. The predicted octanol–water partition coefficient (Wildman–Crippen LogP) is 2.98. The van der Waals surface area contributed by atoms with Gasteiger partial charge in [-0.2, -0.15) is 0 Å². The quantitative estimate of drug-likeness (QED) is 0.481. The molecule has 5 heteroatoms. The van der Waals surface area contributed by atoms with Gasteiger partial charge in [0.25, 0.3) is 0 Å². The fraction of sp³-hybridized carbons (Fsp3) is 0.444. The normalized spacial score (nSPS) is 10.0. The number of benzene rings is 1. The standard InChI is InChI=1S/C18H26N4O/c1-5-12-21(18(23)22(13-6-2)17(19)20)16-14(7-3)10-9-11-15(16)8-4/h2,9-11H,5,7-8,12-13H2,1,3-4H3,(H3,19,20). The van der Waals surface area contributed by atoms with Gasteiger partial charge in [-0.3, -0.25) is 15.2 Å². The average Bonchev–Trinajstić information content (AvgIpc) is 2.56. The summed E-state index contributed by atoms with van der Waals surface area (Å²) in [4.78, 5) is 15.8. The Hall–Kier alpha value is -2.48. The molecule has 0 fully saturated rings. The van der Waals surface area contributed by atoms with Crippen LogP contribution in [0.4, 0.5) is 10.5 Å². The molecule has 0 aliphatic carbocycles. The minimum absolute atomic E-state index is 0.00979. The van der Waals surface area contributed by atoms with Gasteiger partial charge in [0.1, 0.15) is 0 Å². The van der Waals surface area contributed by atoms with Crippen molar-refractivity contribution in [3.8, 4) is 12.3 Å². The van der Waals surface area contributed by atoms with Gasteiger partial charge < -0.3 is 5.73 Å². The molecule has 2 amide bonds. The number of urea groups is 1. The van der Waals surface area contributed by atoms with Gasteiger partial charge in [0.2, 0.25) is 0 Å². The van der Waals surface area contributed by atoms with Crippen LogP contribution in [0.2, 0.25) is 0 Å². The Bertz CT molecular complexity index is 581. The highest BCUT2D eigenvalue weighted by molar-refractivity contribution is 6.03. The molecule has 3 N–H and O–H groups in total. The largest absolute Gasteiger partial charge is 0.370 e. The van der Waals surface area contributed by atoms with Crippen molar-refractivity contribution in [1.82, 2.24) is 4.90 Å². The summed E-state index contributed by atoms with van der Waals surface area (Å²) in [6.45, 7) is 6.69. The van der Waals surface area contributed by atoms with E-state index in [0.717, 1.165) is 41.0 Å². The molecule has 0 saturated carbocycles. The fourth-order valence-corrected chi connectivity index (χ4v) is 2.58. The van der Waals surface area contributed by atoms with Crippen LogP contribution >= 0.6 is 0 Å². The molecule has 5 nitrogen and oxygen atoms in total. The van der Waals surface area contributed by atoms with Crippen molar-refractivity contribution < 1.29 is 4.79 Å². The summed E-state index contributed by atoms with van der Waals surface area (Å²) in [6, 6.07) is 5.74. The number of guanidine groups is 1. The molecule has 0 bridgehead atoms. The number of anilines is 1. The van der Waals surface area contributed by atoms with Crippen LogP contribution in [0.25, 0.3) is 0 Å². The maximum Gasteiger partial charge on any atom is 0.332 e. The highest BCUT2D eigenvalue weighted by Crippen LogP contribution is 2.28. The third-order valence-electron chi connectivity index (χ3n) is 3.68. The minimum atomic E-state index is -0.340. The Labute approximate surface area is 139 Å². The molecule has 1 aromatic carbocycles. The van der Waals surface area contributed by atoms with Crippen LogP contribution in [0.1, 0.15) is 38.3 Å². The highest BCUT2D eigenvalue weighted by atomic mass is 16.2. The van der Waals surface area contributed by atoms with Crippen LogP contribution in [-0.4, -0.2) is 30.0 Å². The number of terminal acetylenes is 1. The lowest BCUT2D eigenvalue weighted by atomic mass is 10.0. The van der Waals surface area contributed by atoms with Crippen molar-refractivity contribution in [3.63, 3.8) is 0 Å². The van der Waals surface area contributed by atoms with Gasteiger partial charge in [0, 0.05) is 6.54 Å². The molecule has 0 atom stereocenters. The van der Waals surface area contributed by atoms with Crippen LogP contribution < -0.4 is 10.6 Å². The van der Waals surface area contributed by atoms with Gasteiger partial charge in [-0.15, -0.1) is 6.42 Å². The number of nitrogens with zero attached hydrogens (tertiary/aromatic N) is 2. The van der Waals surface area contributed by atoms with Crippen LogP contribution in [0.3, 0.4) is 0 Å². The first kappa shape index (κ1) is 18.6. The molecule has 0 aliphatic rings. The van der Waals surface area contributed by atoms with E-state index in [9.17, 15) is 4.79 Å². The molecule has 0 spiro atoms. The number of aryl methyl sites for hydroxylation is 2.